The Bertz CT molecular complexity index is 730. The van der Waals surface area contributed by atoms with Gasteiger partial charge in [0.2, 0.25) is 0 Å². The van der Waals surface area contributed by atoms with Crippen molar-refractivity contribution in [3.8, 4) is 5.75 Å². The molecule has 3 rings (SSSR count). The van der Waals surface area contributed by atoms with Crippen LogP contribution in [-0.4, -0.2) is 18.0 Å². The van der Waals surface area contributed by atoms with E-state index in [2.05, 4.69) is 10.3 Å². The molecular weight excluding hydrogens is 268 g/mol. The van der Waals surface area contributed by atoms with E-state index in [0.29, 0.717) is 17.6 Å². The highest BCUT2D eigenvalue weighted by Gasteiger charge is 2.13. The van der Waals surface area contributed by atoms with Gasteiger partial charge in [-0.3, -0.25) is 4.79 Å². The van der Waals surface area contributed by atoms with Gasteiger partial charge < -0.3 is 14.5 Å². The third-order valence-electron chi connectivity index (χ3n) is 3.10. The van der Waals surface area contributed by atoms with Crippen LogP contribution in [0.25, 0.3) is 11.1 Å². The fourth-order valence-corrected chi connectivity index (χ4v) is 1.97. The van der Waals surface area contributed by atoms with Gasteiger partial charge in [-0.1, -0.05) is 24.3 Å². The molecular formula is C16H14N2O3. The van der Waals surface area contributed by atoms with Crippen LogP contribution >= 0.6 is 0 Å². The number of benzene rings is 2. The van der Waals surface area contributed by atoms with Gasteiger partial charge in [0.25, 0.3) is 5.89 Å². The molecule has 0 bridgehead atoms. The summed E-state index contributed by atoms with van der Waals surface area (Å²) in [7, 11) is 1.62. The number of nitrogens with zero attached hydrogens (tertiary/aromatic N) is 1. The Labute approximate surface area is 121 Å². The lowest BCUT2D eigenvalue weighted by atomic mass is 10.2. The van der Waals surface area contributed by atoms with Gasteiger partial charge in [-0.2, -0.15) is 0 Å². The molecule has 0 atom stereocenters. The molecule has 1 heterocycles. The molecule has 0 aliphatic heterocycles. The maximum atomic E-state index is 12.0. The number of ether oxygens (including phenoxy) is 1. The van der Waals surface area contributed by atoms with Gasteiger partial charge in [0, 0.05) is 6.54 Å². The third kappa shape index (κ3) is 2.86. The van der Waals surface area contributed by atoms with Crippen LogP contribution in [0.15, 0.2) is 52.9 Å². The summed E-state index contributed by atoms with van der Waals surface area (Å²) in [4.78, 5) is 16.2. The number of para-hydroxylation sites is 2. The van der Waals surface area contributed by atoms with E-state index >= 15 is 0 Å². The van der Waals surface area contributed by atoms with Gasteiger partial charge in [0.15, 0.2) is 5.58 Å². The molecule has 0 saturated heterocycles. The summed E-state index contributed by atoms with van der Waals surface area (Å²) in [5.41, 5.74) is 2.25. The van der Waals surface area contributed by atoms with Crippen LogP contribution in [0.1, 0.15) is 16.2 Å². The van der Waals surface area contributed by atoms with Crippen molar-refractivity contribution in [1.29, 1.82) is 0 Å². The molecule has 5 heteroatoms. The zero-order valence-electron chi connectivity index (χ0n) is 11.5. The van der Waals surface area contributed by atoms with E-state index in [0.717, 1.165) is 11.3 Å². The number of hydrogen-bond acceptors (Lipinski definition) is 4. The van der Waals surface area contributed by atoms with E-state index in [1.54, 1.807) is 19.2 Å². The molecule has 1 N–H and O–H groups in total. The minimum atomic E-state index is -0.331. The van der Waals surface area contributed by atoms with Crippen LogP contribution in [-0.2, 0) is 6.54 Å². The molecule has 1 aromatic heterocycles. The normalized spacial score (nSPS) is 10.5. The van der Waals surface area contributed by atoms with Gasteiger partial charge in [0.05, 0.1) is 7.11 Å². The van der Waals surface area contributed by atoms with Crippen LogP contribution in [0.3, 0.4) is 0 Å². The summed E-state index contributed by atoms with van der Waals surface area (Å²) in [6.07, 6.45) is 0. The monoisotopic (exact) mass is 282 g/mol. The summed E-state index contributed by atoms with van der Waals surface area (Å²) in [6, 6.07) is 14.8. The number of carbonyl (C=O) groups is 1. The van der Waals surface area contributed by atoms with E-state index in [-0.39, 0.29) is 11.8 Å². The van der Waals surface area contributed by atoms with E-state index < -0.39 is 0 Å². The zero-order valence-corrected chi connectivity index (χ0v) is 11.5. The predicted octanol–water partition coefficient (Wildman–Crippen LogP) is 2.77. The number of rotatable bonds is 4. The fraction of sp³-hybridized carbons (Fsp3) is 0.125. The van der Waals surface area contributed by atoms with Crippen LogP contribution in [0, 0.1) is 0 Å². The molecule has 21 heavy (non-hydrogen) atoms. The molecule has 0 aliphatic carbocycles. The van der Waals surface area contributed by atoms with Gasteiger partial charge in [-0.05, 0) is 29.8 Å². The fourth-order valence-electron chi connectivity index (χ4n) is 1.97. The number of fused-ring (bicyclic) bond motifs is 1. The Kier molecular flexibility index (Phi) is 3.55. The van der Waals surface area contributed by atoms with Crippen LogP contribution < -0.4 is 10.1 Å². The highest BCUT2D eigenvalue weighted by Crippen LogP contribution is 2.15. The van der Waals surface area contributed by atoms with Crippen LogP contribution in [0.5, 0.6) is 5.75 Å². The number of carbonyl (C=O) groups excluding carboxylic acids is 1. The van der Waals surface area contributed by atoms with E-state index in [9.17, 15) is 4.79 Å². The van der Waals surface area contributed by atoms with Crippen molar-refractivity contribution in [2.24, 2.45) is 0 Å². The molecule has 0 unspecified atom stereocenters. The van der Waals surface area contributed by atoms with Gasteiger partial charge in [-0.15, -0.1) is 0 Å². The van der Waals surface area contributed by atoms with Crippen molar-refractivity contribution in [2.75, 3.05) is 7.11 Å². The largest absolute Gasteiger partial charge is 0.497 e. The average Bonchev–Trinajstić information content (AvgIpc) is 2.97. The molecule has 2 aromatic carbocycles. The smallest absolute Gasteiger partial charge is 0.307 e. The topological polar surface area (TPSA) is 64.4 Å². The maximum absolute atomic E-state index is 12.0. The predicted molar refractivity (Wildman–Crippen MR) is 78.2 cm³/mol. The lowest BCUT2D eigenvalue weighted by molar-refractivity contribution is 0.0918. The second-order valence-corrected chi connectivity index (χ2v) is 4.52. The first kappa shape index (κ1) is 13.2. The second-order valence-electron chi connectivity index (χ2n) is 4.52. The first-order valence-corrected chi connectivity index (χ1v) is 6.53. The lowest BCUT2D eigenvalue weighted by Crippen LogP contribution is -2.22. The van der Waals surface area contributed by atoms with Gasteiger partial charge in [0.1, 0.15) is 11.3 Å². The summed E-state index contributed by atoms with van der Waals surface area (Å²) in [5, 5.41) is 2.78. The maximum Gasteiger partial charge on any atom is 0.307 e. The van der Waals surface area contributed by atoms with Crippen molar-refractivity contribution in [2.45, 2.75) is 6.54 Å². The van der Waals surface area contributed by atoms with Crippen molar-refractivity contribution in [1.82, 2.24) is 10.3 Å². The third-order valence-corrected chi connectivity index (χ3v) is 3.10. The number of amides is 1. The van der Waals surface area contributed by atoms with Crippen molar-refractivity contribution in [3.63, 3.8) is 0 Å². The Morgan fingerprint density at radius 2 is 1.95 bits per heavy atom. The van der Waals surface area contributed by atoms with Crippen molar-refractivity contribution < 1.29 is 13.9 Å². The van der Waals surface area contributed by atoms with E-state index in [4.69, 9.17) is 9.15 Å². The van der Waals surface area contributed by atoms with Gasteiger partial charge in [-0.25, -0.2) is 4.98 Å². The standard InChI is InChI=1S/C16H14N2O3/c1-20-12-8-6-11(7-9-12)10-17-15(19)16-18-13-4-2-3-5-14(13)21-16/h2-9H,10H2,1H3,(H,17,19). The van der Waals surface area contributed by atoms with Gasteiger partial charge >= 0.3 is 5.91 Å². The molecule has 106 valence electrons. The van der Waals surface area contributed by atoms with E-state index in [1.807, 2.05) is 36.4 Å². The Balaban J connectivity index is 1.68. The highest BCUT2D eigenvalue weighted by atomic mass is 16.5. The molecule has 0 radical (unpaired) electrons. The first-order chi connectivity index (χ1) is 10.3. The molecule has 0 saturated carbocycles. The van der Waals surface area contributed by atoms with Crippen molar-refractivity contribution in [3.05, 3.63) is 60.0 Å². The number of hydrogen-bond donors (Lipinski definition) is 1. The van der Waals surface area contributed by atoms with Crippen LogP contribution in [0.2, 0.25) is 0 Å². The summed E-state index contributed by atoms with van der Waals surface area (Å²) in [6.45, 7) is 0.404. The average molecular weight is 282 g/mol. The molecule has 0 spiro atoms. The lowest BCUT2D eigenvalue weighted by Gasteiger charge is -2.04. The zero-order chi connectivity index (χ0) is 14.7. The minimum Gasteiger partial charge on any atom is -0.497 e. The molecule has 5 nitrogen and oxygen atoms in total. The number of methoxy groups -OCH3 is 1. The summed E-state index contributed by atoms with van der Waals surface area (Å²) in [5.74, 6) is 0.524. The second kappa shape index (κ2) is 5.66. The van der Waals surface area contributed by atoms with Crippen LogP contribution in [0.4, 0.5) is 0 Å². The highest BCUT2D eigenvalue weighted by molar-refractivity contribution is 5.92. The molecule has 1 amide bonds. The molecule has 0 fully saturated rings. The first-order valence-electron chi connectivity index (χ1n) is 6.53. The number of aromatic nitrogens is 1. The van der Waals surface area contributed by atoms with Crippen molar-refractivity contribution >= 4 is 17.0 Å². The Morgan fingerprint density at radius 3 is 2.67 bits per heavy atom. The minimum absolute atomic E-state index is 0.0738. The van der Waals surface area contributed by atoms with E-state index in [1.165, 1.54) is 0 Å². The number of nitrogens with one attached hydrogen (secondary N) is 1. The molecule has 3 aromatic rings. The Hall–Kier alpha value is -2.82. The Morgan fingerprint density at radius 1 is 1.19 bits per heavy atom. The molecule has 0 aliphatic rings. The number of oxazole rings is 1. The summed E-state index contributed by atoms with van der Waals surface area (Å²) < 4.78 is 10.5. The quantitative estimate of drug-likeness (QED) is 0.799. The summed E-state index contributed by atoms with van der Waals surface area (Å²) >= 11 is 0. The SMILES string of the molecule is COc1ccc(CNC(=O)c2nc3ccccc3o2)cc1.